The van der Waals surface area contributed by atoms with E-state index in [1.54, 1.807) is 12.4 Å². The number of hydrogen-bond acceptors (Lipinski definition) is 8. The highest BCUT2D eigenvalue weighted by Crippen LogP contribution is 2.12. The van der Waals surface area contributed by atoms with Crippen molar-refractivity contribution in [1.82, 2.24) is 25.5 Å². The summed E-state index contributed by atoms with van der Waals surface area (Å²) in [5, 5.41) is 8.21. The summed E-state index contributed by atoms with van der Waals surface area (Å²) in [6, 6.07) is 18.1. The van der Waals surface area contributed by atoms with Crippen LogP contribution in [0.1, 0.15) is 36.7 Å². The minimum atomic E-state index is -0.763. The Morgan fingerprint density at radius 3 is 2.00 bits per heavy atom. The second-order valence-electron chi connectivity index (χ2n) is 9.44. The lowest BCUT2D eigenvalue weighted by Crippen LogP contribution is -2.39. The topological polar surface area (TPSA) is 143 Å². The van der Waals surface area contributed by atoms with Crippen LogP contribution in [0, 0.1) is 0 Å². The zero-order valence-corrected chi connectivity index (χ0v) is 23.3. The smallest absolute Gasteiger partial charge is 0.328 e. The fourth-order valence-corrected chi connectivity index (χ4v) is 3.98. The van der Waals surface area contributed by atoms with E-state index in [1.165, 1.54) is 14.0 Å². The molecule has 0 spiro atoms. The van der Waals surface area contributed by atoms with Gasteiger partial charge in [0, 0.05) is 50.6 Å². The number of amides is 3. The molecular formula is C30H36N6O5. The second kappa shape index (κ2) is 16.5. The zero-order valence-electron chi connectivity index (χ0n) is 23.3. The summed E-state index contributed by atoms with van der Waals surface area (Å²) in [4.78, 5) is 58.9. The molecule has 2 aromatic heterocycles. The number of ether oxygens (including phenoxy) is 1. The van der Waals surface area contributed by atoms with Gasteiger partial charge >= 0.3 is 5.97 Å². The lowest BCUT2D eigenvalue weighted by molar-refractivity contribution is -0.144. The monoisotopic (exact) mass is 560 g/mol. The third-order valence-electron chi connectivity index (χ3n) is 6.08. The molecule has 2 heterocycles. The van der Waals surface area contributed by atoms with Crippen molar-refractivity contribution in [3.05, 3.63) is 90.0 Å². The number of hydrogen-bond donors (Lipinski definition) is 3. The van der Waals surface area contributed by atoms with Crippen molar-refractivity contribution in [1.29, 1.82) is 0 Å². The summed E-state index contributed by atoms with van der Waals surface area (Å²) >= 11 is 0. The Labute approximate surface area is 239 Å². The minimum Gasteiger partial charge on any atom is -0.467 e. The molecule has 11 nitrogen and oxygen atoms in total. The van der Waals surface area contributed by atoms with Crippen LogP contribution in [-0.2, 0) is 43.4 Å². The largest absolute Gasteiger partial charge is 0.467 e. The highest BCUT2D eigenvalue weighted by Gasteiger charge is 2.16. The number of carbonyl (C=O) groups is 4. The number of aromatic nitrogens is 2. The first-order valence-corrected chi connectivity index (χ1v) is 13.4. The van der Waals surface area contributed by atoms with Gasteiger partial charge in [-0.1, -0.05) is 24.3 Å². The van der Waals surface area contributed by atoms with Crippen molar-refractivity contribution in [3.63, 3.8) is 0 Å². The van der Waals surface area contributed by atoms with Crippen LogP contribution in [0.5, 0.6) is 0 Å². The van der Waals surface area contributed by atoms with Gasteiger partial charge in [-0.3, -0.25) is 29.3 Å². The minimum absolute atomic E-state index is 0.0163. The molecule has 1 atom stereocenters. The van der Waals surface area contributed by atoms with E-state index in [-0.39, 0.29) is 31.2 Å². The Balaban J connectivity index is 1.41. The normalized spacial score (nSPS) is 11.4. The fourth-order valence-electron chi connectivity index (χ4n) is 3.98. The predicted octanol–water partition coefficient (Wildman–Crippen LogP) is 2.23. The number of pyridine rings is 2. The maximum Gasteiger partial charge on any atom is 0.328 e. The molecule has 0 bridgehead atoms. The van der Waals surface area contributed by atoms with E-state index in [2.05, 4.69) is 30.7 Å². The summed E-state index contributed by atoms with van der Waals surface area (Å²) in [5.74, 6) is -1.35. The maximum absolute atomic E-state index is 12.9. The molecule has 0 aliphatic heterocycles. The van der Waals surface area contributed by atoms with Crippen LogP contribution in [-0.4, -0.2) is 64.8 Å². The molecule has 3 N–H and O–H groups in total. The molecule has 1 aromatic carbocycles. The highest BCUT2D eigenvalue weighted by molar-refractivity contribution is 5.92. The Bertz CT molecular complexity index is 1230. The Morgan fingerprint density at radius 2 is 1.44 bits per heavy atom. The Kier molecular flexibility index (Phi) is 12.4. The van der Waals surface area contributed by atoms with E-state index in [4.69, 9.17) is 0 Å². The van der Waals surface area contributed by atoms with Crippen LogP contribution < -0.4 is 16.0 Å². The SMILES string of the molecule is COC(=O)[C@@H](C)NC(=O)CCC(=O)NCCc1ccc(NC(=O)CN(Cc2ccccn2)Cc2ccccn2)cc1. The van der Waals surface area contributed by atoms with Gasteiger partial charge in [-0.05, 0) is 55.3 Å². The third kappa shape index (κ3) is 11.6. The molecule has 41 heavy (non-hydrogen) atoms. The van der Waals surface area contributed by atoms with E-state index in [0.717, 1.165) is 17.0 Å². The molecule has 3 amide bonds. The molecule has 11 heteroatoms. The molecule has 0 aliphatic carbocycles. The summed E-state index contributed by atoms with van der Waals surface area (Å²) in [6.45, 7) is 3.10. The van der Waals surface area contributed by atoms with Gasteiger partial charge in [0.15, 0.2) is 0 Å². The second-order valence-corrected chi connectivity index (χ2v) is 9.44. The van der Waals surface area contributed by atoms with Crippen molar-refractivity contribution >= 4 is 29.4 Å². The number of esters is 1. The molecule has 0 saturated heterocycles. The van der Waals surface area contributed by atoms with Gasteiger partial charge in [0.1, 0.15) is 6.04 Å². The quantitative estimate of drug-likeness (QED) is 0.240. The van der Waals surface area contributed by atoms with Gasteiger partial charge in [0.2, 0.25) is 17.7 Å². The zero-order chi connectivity index (χ0) is 29.5. The third-order valence-corrected chi connectivity index (χ3v) is 6.08. The van der Waals surface area contributed by atoms with E-state index < -0.39 is 17.9 Å². The van der Waals surface area contributed by atoms with E-state index in [1.807, 2.05) is 65.6 Å². The number of rotatable bonds is 15. The fraction of sp³-hybridized carbons (Fsp3) is 0.333. The standard InChI is InChI=1S/C30H36N6O5/c1-22(30(40)41-2)34-28(38)14-13-27(37)33-18-15-23-9-11-24(12-10-23)35-29(39)21-36(19-25-7-3-5-16-31-25)20-26-8-4-6-17-32-26/h3-12,16-17,22H,13-15,18-21H2,1-2H3,(H,33,37)(H,34,38)(H,35,39)/t22-/m1/s1. The van der Waals surface area contributed by atoms with Crippen LogP contribution >= 0.6 is 0 Å². The predicted molar refractivity (Wildman–Crippen MR) is 153 cm³/mol. The average Bonchev–Trinajstić information content (AvgIpc) is 2.97. The van der Waals surface area contributed by atoms with Gasteiger partial charge < -0.3 is 20.7 Å². The van der Waals surface area contributed by atoms with Gasteiger partial charge in [0.25, 0.3) is 0 Å². The van der Waals surface area contributed by atoms with E-state index in [9.17, 15) is 19.2 Å². The number of nitrogens with zero attached hydrogens (tertiary/aromatic N) is 3. The molecule has 3 aromatic rings. The van der Waals surface area contributed by atoms with E-state index >= 15 is 0 Å². The Morgan fingerprint density at radius 1 is 0.829 bits per heavy atom. The van der Waals surface area contributed by atoms with Gasteiger partial charge in [0.05, 0.1) is 25.0 Å². The molecule has 0 saturated carbocycles. The molecule has 0 aliphatic rings. The van der Waals surface area contributed by atoms with Crippen molar-refractivity contribution in [3.8, 4) is 0 Å². The molecule has 0 radical (unpaired) electrons. The number of nitrogens with one attached hydrogen (secondary N) is 3. The lowest BCUT2D eigenvalue weighted by atomic mass is 10.1. The van der Waals surface area contributed by atoms with Crippen LogP contribution in [0.2, 0.25) is 0 Å². The molecule has 0 fully saturated rings. The van der Waals surface area contributed by atoms with Gasteiger partial charge in [-0.15, -0.1) is 0 Å². The van der Waals surface area contributed by atoms with Crippen molar-refractivity contribution in [2.24, 2.45) is 0 Å². The summed E-state index contributed by atoms with van der Waals surface area (Å²) in [5.41, 5.74) is 3.39. The average molecular weight is 561 g/mol. The van der Waals surface area contributed by atoms with Gasteiger partial charge in [-0.2, -0.15) is 0 Å². The summed E-state index contributed by atoms with van der Waals surface area (Å²) in [6.07, 6.45) is 4.05. The first-order valence-electron chi connectivity index (χ1n) is 13.4. The first kappa shape index (κ1) is 30.9. The number of methoxy groups -OCH3 is 1. The summed E-state index contributed by atoms with van der Waals surface area (Å²) < 4.78 is 4.56. The first-order chi connectivity index (χ1) is 19.8. The maximum atomic E-state index is 12.9. The highest BCUT2D eigenvalue weighted by atomic mass is 16.5. The van der Waals surface area contributed by atoms with Crippen LogP contribution in [0.15, 0.2) is 73.1 Å². The number of benzene rings is 1. The van der Waals surface area contributed by atoms with Crippen LogP contribution in [0.3, 0.4) is 0 Å². The molecule has 216 valence electrons. The van der Waals surface area contributed by atoms with Crippen molar-refractivity contribution in [2.75, 3.05) is 25.5 Å². The number of carbonyl (C=O) groups excluding carboxylic acids is 4. The van der Waals surface area contributed by atoms with Crippen LogP contribution in [0.4, 0.5) is 5.69 Å². The van der Waals surface area contributed by atoms with Crippen molar-refractivity contribution < 1.29 is 23.9 Å². The molecule has 0 unspecified atom stereocenters. The summed E-state index contributed by atoms with van der Waals surface area (Å²) in [7, 11) is 1.24. The van der Waals surface area contributed by atoms with E-state index in [0.29, 0.717) is 31.7 Å². The Hall–Kier alpha value is -4.64. The molecular weight excluding hydrogens is 524 g/mol. The van der Waals surface area contributed by atoms with Gasteiger partial charge in [-0.25, -0.2) is 4.79 Å². The van der Waals surface area contributed by atoms with Crippen LogP contribution in [0.25, 0.3) is 0 Å². The number of anilines is 1. The lowest BCUT2D eigenvalue weighted by Gasteiger charge is -2.21. The molecule has 3 rings (SSSR count). The van der Waals surface area contributed by atoms with Crippen molar-refractivity contribution in [2.45, 2.75) is 45.3 Å².